The minimum atomic E-state index is 0.247. The normalized spacial score (nSPS) is 13.7. The number of rotatable bonds is 1. The van der Waals surface area contributed by atoms with E-state index in [2.05, 4.69) is 26.0 Å². The van der Waals surface area contributed by atoms with Crippen LogP contribution in [0.3, 0.4) is 0 Å². The van der Waals surface area contributed by atoms with Crippen LogP contribution in [0, 0.1) is 13.8 Å². The second-order valence-corrected chi connectivity index (χ2v) is 5.58. The molecule has 0 aromatic heterocycles. The van der Waals surface area contributed by atoms with Crippen LogP contribution in [0.15, 0.2) is 30.3 Å². The first-order valence-electron chi connectivity index (χ1n) is 6.50. The van der Waals surface area contributed by atoms with Crippen molar-refractivity contribution in [1.82, 2.24) is 0 Å². The second-order valence-electron chi connectivity index (χ2n) is 5.17. The van der Waals surface area contributed by atoms with Crippen molar-refractivity contribution < 1.29 is 4.79 Å². The number of benzene rings is 2. The first kappa shape index (κ1) is 12.4. The fourth-order valence-corrected chi connectivity index (χ4v) is 3.05. The van der Waals surface area contributed by atoms with Crippen LogP contribution >= 0.6 is 11.6 Å². The van der Waals surface area contributed by atoms with E-state index >= 15 is 0 Å². The van der Waals surface area contributed by atoms with Gasteiger partial charge >= 0.3 is 0 Å². The van der Waals surface area contributed by atoms with Crippen molar-refractivity contribution in [3.63, 3.8) is 0 Å². The van der Waals surface area contributed by atoms with Gasteiger partial charge in [0.2, 0.25) is 0 Å². The van der Waals surface area contributed by atoms with E-state index in [0.717, 1.165) is 33.7 Å². The van der Waals surface area contributed by atoms with Crippen LogP contribution in [0.25, 0.3) is 11.1 Å². The Morgan fingerprint density at radius 3 is 2.42 bits per heavy atom. The highest BCUT2D eigenvalue weighted by molar-refractivity contribution is 6.33. The topological polar surface area (TPSA) is 17.1 Å². The summed E-state index contributed by atoms with van der Waals surface area (Å²) in [5, 5.41) is 0.760. The molecule has 0 bridgehead atoms. The smallest absolute Gasteiger partial charge is 0.163 e. The molecule has 96 valence electrons. The molecule has 3 rings (SSSR count). The summed E-state index contributed by atoms with van der Waals surface area (Å²) in [5.74, 6) is 0.247. The molecule has 2 aromatic carbocycles. The Balaban J connectivity index is 2.24. The van der Waals surface area contributed by atoms with E-state index in [-0.39, 0.29) is 5.78 Å². The second kappa shape index (κ2) is 4.50. The highest BCUT2D eigenvalue weighted by Gasteiger charge is 2.23. The van der Waals surface area contributed by atoms with Gasteiger partial charge in [-0.3, -0.25) is 4.79 Å². The molecule has 0 aliphatic heterocycles. The van der Waals surface area contributed by atoms with Crippen molar-refractivity contribution in [3.8, 4) is 11.1 Å². The average molecular weight is 271 g/mol. The maximum atomic E-state index is 11.8. The molecule has 2 heteroatoms. The van der Waals surface area contributed by atoms with Gasteiger partial charge in [-0.25, -0.2) is 0 Å². The van der Waals surface area contributed by atoms with E-state index in [9.17, 15) is 4.79 Å². The summed E-state index contributed by atoms with van der Waals surface area (Å²) >= 11 is 6.39. The molecule has 0 unspecified atom stereocenters. The van der Waals surface area contributed by atoms with Gasteiger partial charge in [0, 0.05) is 22.6 Å². The Hall–Kier alpha value is -1.60. The van der Waals surface area contributed by atoms with Crippen molar-refractivity contribution >= 4 is 17.4 Å². The van der Waals surface area contributed by atoms with Crippen molar-refractivity contribution in [2.24, 2.45) is 0 Å². The van der Waals surface area contributed by atoms with Crippen molar-refractivity contribution in [1.29, 1.82) is 0 Å². The summed E-state index contributed by atoms with van der Waals surface area (Å²) < 4.78 is 0. The van der Waals surface area contributed by atoms with E-state index in [1.165, 1.54) is 11.1 Å². The van der Waals surface area contributed by atoms with Gasteiger partial charge in [0.1, 0.15) is 0 Å². The maximum Gasteiger partial charge on any atom is 0.163 e. The molecule has 2 aromatic rings. The zero-order valence-electron chi connectivity index (χ0n) is 11.1. The number of Topliss-reactive ketones (excluding diaryl/α,β-unsaturated/α-hetero) is 1. The van der Waals surface area contributed by atoms with E-state index in [1.54, 1.807) is 0 Å². The summed E-state index contributed by atoms with van der Waals surface area (Å²) in [6, 6.07) is 10.1. The van der Waals surface area contributed by atoms with Crippen LogP contribution in [0.4, 0.5) is 0 Å². The van der Waals surface area contributed by atoms with Gasteiger partial charge < -0.3 is 0 Å². The number of ketones is 1. The maximum absolute atomic E-state index is 11.8. The van der Waals surface area contributed by atoms with Gasteiger partial charge in [0.15, 0.2) is 5.78 Å². The predicted octanol–water partition coefficient (Wildman–Crippen LogP) is 4.75. The first-order valence-corrected chi connectivity index (χ1v) is 6.88. The Kier molecular flexibility index (Phi) is 2.94. The lowest BCUT2D eigenvalue weighted by atomic mass is 9.94. The number of hydrogen-bond donors (Lipinski definition) is 0. The quantitative estimate of drug-likeness (QED) is 0.731. The van der Waals surface area contributed by atoms with Crippen LogP contribution in [-0.2, 0) is 6.42 Å². The third-order valence-corrected chi connectivity index (χ3v) is 4.26. The molecular formula is C17H15ClO. The lowest BCUT2D eigenvalue weighted by molar-refractivity contribution is 0.0994. The molecule has 0 heterocycles. The molecule has 0 spiro atoms. The highest BCUT2D eigenvalue weighted by atomic mass is 35.5. The standard InChI is InChI=1S/C17H15ClO/c1-10-8-15(16(18)9-11(10)2)12-4-3-5-14-13(12)6-7-17(14)19/h3-5,8-9H,6-7H2,1-2H3. The molecule has 1 nitrogen and oxygen atoms in total. The summed E-state index contributed by atoms with van der Waals surface area (Å²) in [4.78, 5) is 11.8. The number of fused-ring (bicyclic) bond motifs is 1. The Labute approximate surface area is 118 Å². The number of halogens is 1. The van der Waals surface area contributed by atoms with Crippen LogP contribution in [0.1, 0.15) is 33.5 Å². The van der Waals surface area contributed by atoms with E-state index in [0.29, 0.717) is 6.42 Å². The summed E-state index contributed by atoms with van der Waals surface area (Å²) in [6.07, 6.45) is 1.45. The molecule has 0 N–H and O–H groups in total. The number of carbonyl (C=O) groups is 1. The van der Waals surface area contributed by atoms with Crippen LogP contribution in [0.2, 0.25) is 5.02 Å². The molecule has 0 saturated carbocycles. The first-order chi connectivity index (χ1) is 9.08. The van der Waals surface area contributed by atoms with Gasteiger partial charge in [-0.15, -0.1) is 0 Å². The Bertz CT molecular complexity index is 686. The van der Waals surface area contributed by atoms with Crippen LogP contribution in [0.5, 0.6) is 0 Å². The summed E-state index contributed by atoms with van der Waals surface area (Å²) in [6.45, 7) is 4.15. The van der Waals surface area contributed by atoms with Gasteiger partial charge in [-0.2, -0.15) is 0 Å². The molecule has 0 fully saturated rings. The third kappa shape index (κ3) is 1.98. The van der Waals surface area contributed by atoms with E-state index < -0.39 is 0 Å². The zero-order chi connectivity index (χ0) is 13.6. The summed E-state index contributed by atoms with van der Waals surface area (Å²) in [7, 11) is 0. The molecular weight excluding hydrogens is 256 g/mol. The molecule has 0 radical (unpaired) electrons. The highest BCUT2D eigenvalue weighted by Crippen LogP contribution is 2.37. The van der Waals surface area contributed by atoms with Gasteiger partial charge in [-0.05, 0) is 54.7 Å². The van der Waals surface area contributed by atoms with E-state index in [4.69, 9.17) is 11.6 Å². The third-order valence-electron chi connectivity index (χ3n) is 3.95. The molecule has 1 aliphatic rings. The molecule has 19 heavy (non-hydrogen) atoms. The minimum Gasteiger partial charge on any atom is -0.294 e. The van der Waals surface area contributed by atoms with Crippen LogP contribution < -0.4 is 0 Å². The van der Waals surface area contributed by atoms with Crippen molar-refractivity contribution in [2.45, 2.75) is 26.7 Å². The average Bonchev–Trinajstić information content (AvgIpc) is 2.76. The van der Waals surface area contributed by atoms with Crippen molar-refractivity contribution in [3.05, 3.63) is 57.6 Å². The molecule has 0 atom stereocenters. The van der Waals surface area contributed by atoms with Gasteiger partial charge in [0.25, 0.3) is 0 Å². The summed E-state index contributed by atoms with van der Waals surface area (Å²) in [5.41, 5.74) is 6.58. The number of hydrogen-bond acceptors (Lipinski definition) is 1. The predicted molar refractivity (Wildman–Crippen MR) is 79.0 cm³/mol. The zero-order valence-corrected chi connectivity index (χ0v) is 11.8. The SMILES string of the molecule is Cc1cc(Cl)c(-c2cccc3c2CCC3=O)cc1C. The van der Waals surface area contributed by atoms with E-state index in [1.807, 2.05) is 18.2 Å². The fraction of sp³-hybridized carbons (Fsp3) is 0.235. The lowest BCUT2D eigenvalue weighted by Crippen LogP contribution is -1.93. The van der Waals surface area contributed by atoms with Gasteiger partial charge in [0.05, 0.1) is 0 Å². The van der Waals surface area contributed by atoms with Crippen molar-refractivity contribution in [2.75, 3.05) is 0 Å². The largest absolute Gasteiger partial charge is 0.294 e. The Morgan fingerprint density at radius 1 is 0.947 bits per heavy atom. The molecule has 0 saturated heterocycles. The lowest BCUT2D eigenvalue weighted by Gasteiger charge is -2.12. The molecule has 1 aliphatic carbocycles. The minimum absolute atomic E-state index is 0.247. The van der Waals surface area contributed by atoms with Crippen LogP contribution in [-0.4, -0.2) is 5.78 Å². The van der Waals surface area contributed by atoms with Gasteiger partial charge in [-0.1, -0.05) is 29.8 Å². The number of aryl methyl sites for hydroxylation is 2. The monoisotopic (exact) mass is 270 g/mol. The molecule has 0 amide bonds. The Morgan fingerprint density at radius 2 is 1.63 bits per heavy atom. The number of carbonyl (C=O) groups excluding carboxylic acids is 1. The fourth-order valence-electron chi connectivity index (χ4n) is 2.73.